The van der Waals surface area contributed by atoms with Gasteiger partial charge >= 0.3 is 0 Å². The number of hydrogen-bond donors (Lipinski definition) is 2. The first-order valence-electron chi connectivity index (χ1n) is 15.0. The number of hydrogen-bond acceptors (Lipinski definition) is 7. The first kappa shape index (κ1) is 29.7. The van der Waals surface area contributed by atoms with Gasteiger partial charge in [0.1, 0.15) is 5.69 Å². The lowest BCUT2D eigenvalue weighted by Crippen LogP contribution is -2.32. The standard InChI is InChI=1S/C35H36N8O2/c1-24-22-42(34(45)26-14-16-27(17-15-26)37-31(44)13-9-20-41(2)3)23-29(24)39-35-36-19-18-28(38-35)32-30-12-7-8-21-43(30)40-33(32)25-10-5-4-6-11-25/h4-19,21,24,29H,20,22-23H2,1-3H3,(H,37,44)(H,36,38,39)/b13-9+/t24-,29-/m1/s1. The summed E-state index contributed by atoms with van der Waals surface area (Å²) in [7, 11) is 3.88. The number of likely N-dealkylation sites (N-methyl/N-ethyl adjacent to an activating group) is 1. The van der Waals surface area contributed by atoms with E-state index in [4.69, 9.17) is 10.1 Å². The van der Waals surface area contributed by atoms with Crippen LogP contribution < -0.4 is 10.6 Å². The smallest absolute Gasteiger partial charge is 0.253 e. The Morgan fingerprint density at radius 3 is 2.53 bits per heavy atom. The highest BCUT2D eigenvalue weighted by molar-refractivity contribution is 6.00. The van der Waals surface area contributed by atoms with Crippen molar-refractivity contribution in [3.8, 4) is 22.5 Å². The molecule has 0 unspecified atom stereocenters. The number of likely N-dealkylation sites (tertiary alicyclic amines) is 1. The van der Waals surface area contributed by atoms with Gasteiger partial charge in [-0.2, -0.15) is 5.10 Å². The number of nitrogens with one attached hydrogen (secondary N) is 2. The fraction of sp³-hybridized carbons (Fsp3) is 0.229. The van der Waals surface area contributed by atoms with Crippen molar-refractivity contribution in [3.05, 3.63) is 109 Å². The van der Waals surface area contributed by atoms with Crippen molar-refractivity contribution in [1.29, 1.82) is 0 Å². The Labute approximate surface area is 262 Å². The minimum absolute atomic E-state index is 0.0192. The lowest BCUT2D eigenvalue weighted by Gasteiger charge is -2.18. The molecule has 1 aliphatic rings. The normalized spacial score (nSPS) is 16.5. The molecular formula is C35H36N8O2. The number of anilines is 2. The quantitative estimate of drug-likeness (QED) is 0.227. The molecule has 1 aliphatic heterocycles. The van der Waals surface area contributed by atoms with Crippen LogP contribution >= 0.6 is 0 Å². The molecule has 2 atom stereocenters. The molecule has 0 radical (unpaired) electrons. The first-order valence-corrected chi connectivity index (χ1v) is 15.0. The molecule has 1 saturated heterocycles. The van der Waals surface area contributed by atoms with Crippen molar-refractivity contribution < 1.29 is 9.59 Å². The van der Waals surface area contributed by atoms with Gasteiger partial charge in [0.2, 0.25) is 11.9 Å². The highest BCUT2D eigenvalue weighted by atomic mass is 16.2. The van der Waals surface area contributed by atoms with Crippen LogP contribution in [0.5, 0.6) is 0 Å². The number of rotatable bonds is 9. The van der Waals surface area contributed by atoms with Crippen molar-refractivity contribution in [2.24, 2.45) is 5.92 Å². The Bertz CT molecular complexity index is 1830. The van der Waals surface area contributed by atoms with Crippen LogP contribution in [0.4, 0.5) is 11.6 Å². The van der Waals surface area contributed by atoms with Gasteiger partial charge < -0.3 is 20.4 Å². The fourth-order valence-corrected chi connectivity index (χ4v) is 5.54. The second kappa shape index (κ2) is 13.1. The number of benzene rings is 2. The molecule has 2 aromatic carbocycles. The van der Waals surface area contributed by atoms with Gasteiger partial charge in [0.05, 0.1) is 22.8 Å². The molecule has 0 bridgehead atoms. The summed E-state index contributed by atoms with van der Waals surface area (Å²) in [6, 6.07) is 25.0. The predicted octanol–water partition coefficient (Wildman–Crippen LogP) is 5.09. The number of aromatic nitrogens is 4. The summed E-state index contributed by atoms with van der Waals surface area (Å²) in [5.41, 5.74) is 5.74. The lowest BCUT2D eigenvalue weighted by atomic mass is 10.0. The Morgan fingerprint density at radius 1 is 0.978 bits per heavy atom. The molecular weight excluding hydrogens is 564 g/mol. The fourth-order valence-electron chi connectivity index (χ4n) is 5.54. The number of fused-ring (bicyclic) bond motifs is 1. The van der Waals surface area contributed by atoms with Crippen molar-refractivity contribution in [3.63, 3.8) is 0 Å². The van der Waals surface area contributed by atoms with Crippen molar-refractivity contribution >= 4 is 29.0 Å². The Hall–Kier alpha value is -5.35. The highest BCUT2D eigenvalue weighted by Crippen LogP contribution is 2.34. The summed E-state index contributed by atoms with van der Waals surface area (Å²) in [6.45, 7) is 3.93. The van der Waals surface area contributed by atoms with Gasteiger partial charge in [-0.1, -0.05) is 49.4 Å². The summed E-state index contributed by atoms with van der Waals surface area (Å²) in [6.07, 6.45) is 7.01. The molecule has 10 heteroatoms. The number of pyridine rings is 1. The average molecular weight is 601 g/mol. The molecule has 2 N–H and O–H groups in total. The van der Waals surface area contributed by atoms with E-state index in [1.165, 1.54) is 6.08 Å². The second-order valence-electron chi connectivity index (χ2n) is 11.6. The van der Waals surface area contributed by atoms with Gasteiger partial charge in [0, 0.05) is 54.9 Å². The number of amides is 2. The zero-order chi connectivity index (χ0) is 31.3. The minimum atomic E-state index is -0.206. The summed E-state index contributed by atoms with van der Waals surface area (Å²) < 4.78 is 1.87. The van der Waals surface area contributed by atoms with Crippen LogP contribution in [0.1, 0.15) is 17.3 Å². The zero-order valence-electron chi connectivity index (χ0n) is 25.6. The van der Waals surface area contributed by atoms with E-state index >= 15 is 0 Å². The first-order chi connectivity index (χ1) is 21.9. The largest absolute Gasteiger partial charge is 0.349 e. The van der Waals surface area contributed by atoms with Crippen molar-refractivity contribution in [1.82, 2.24) is 29.4 Å². The van der Waals surface area contributed by atoms with Gasteiger partial charge in [0.25, 0.3) is 5.91 Å². The van der Waals surface area contributed by atoms with Gasteiger partial charge in [-0.05, 0) is 62.5 Å². The van der Waals surface area contributed by atoms with Gasteiger partial charge in [-0.3, -0.25) is 9.59 Å². The van der Waals surface area contributed by atoms with E-state index in [0.717, 1.165) is 28.0 Å². The van der Waals surface area contributed by atoms with Gasteiger partial charge in [-0.25, -0.2) is 14.5 Å². The molecule has 3 aromatic heterocycles. The van der Waals surface area contributed by atoms with E-state index in [2.05, 4.69) is 22.5 Å². The summed E-state index contributed by atoms with van der Waals surface area (Å²) in [5.74, 6) is 0.434. The Morgan fingerprint density at radius 2 is 1.76 bits per heavy atom. The summed E-state index contributed by atoms with van der Waals surface area (Å²) in [5, 5.41) is 11.2. The average Bonchev–Trinajstić information content (AvgIpc) is 3.62. The molecule has 0 saturated carbocycles. The number of carbonyl (C=O) groups excluding carboxylic acids is 2. The molecule has 10 nitrogen and oxygen atoms in total. The topological polar surface area (TPSA) is 108 Å². The highest BCUT2D eigenvalue weighted by Gasteiger charge is 2.33. The maximum Gasteiger partial charge on any atom is 0.253 e. The maximum absolute atomic E-state index is 13.4. The third kappa shape index (κ3) is 6.76. The van der Waals surface area contributed by atoms with Gasteiger partial charge in [0.15, 0.2) is 0 Å². The number of carbonyl (C=O) groups is 2. The number of nitrogens with zero attached hydrogens (tertiary/aromatic N) is 6. The van der Waals surface area contributed by atoms with E-state index in [1.54, 1.807) is 36.5 Å². The molecule has 0 aliphatic carbocycles. The molecule has 1 fully saturated rings. The minimum Gasteiger partial charge on any atom is -0.349 e. The third-order valence-corrected chi connectivity index (χ3v) is 7.85. The Balaban J connectivity index is 1.14. The van der Waals surface area contributed by atoms with Crippen LogP contribution in [0.15, 0.2) is 103 Å². The molecule has 45 heavy (non-hydrogen) atoms. The van der Waals surface area contributed by atoms with Crippen molar-refractivity contribution in [2.75, 3.05) is 44.4 Å². The predicted molar refractivity (Wildman–Crippen MR) is 177 cm³/mol. The Kier molecular flexibility index (Phi) is 8.65. The van der Waals surface area contributed by atoms with E-state index in [1.807, 2.05) is 89.2 Å². The molecule has 4 heterocycles. The summed E-state index contributed by atoms with van der Waals surface area (Å²) >= 11 is 0. The van der Waals surface area contributed by atoms with Crippen LogP contribution in [0.25, 0.3) is 28.0 Å². The molecule has 6 rings (SSSR count). The molecule has 0 spiro atoms. The van der Waals surface area contributed by atoms with Crippen LogP contribution in [-0.2, 0) is 4.79 Å². The SMILES string of the molecule is C[C@@H]1CN(C(=O)c2ccc(NC(=O)/C=C/CN(C)C)cc2)C[C@H]1Nc1nccc(-c2c(-c3ccccc3)nn3ccccc23)n1. The van der Waals surface area contributed by atoms with Crippen molar-refractivity contribution in [2.45, 2.75) is 13.0 Å². The zero-order valence-corrected chi connectivity index (χ0v) is 25.6. The molecule has 5 aromatic rings. The third-order valence-electron chi connectivity index (χ3n) is 7.85. The van der Waals surface area contributed by atoms with E-state index < -0.39 is 0 Å². The lowest BCUT2D eigenvalue weighted by molar-refractivity contribution is -0.111. The maximum atomic E-state index is 13.4. The van der Waals surface area contributed by atoms with Crippen LogP contribution in [-0.4, -0.2) is 81.0 Å². The molecule has 2 amide bonds. The van der Waals surface area contributed by atoms with Crippen LogP contribution in [0.3, 0.4) is 0 Å². The monoisotopic (exact) mass is 600 g/mol. The van der Waals surface area contributed by atoms with E-state index in [0.29, 0.717) is 36.8 Å². The van der Waals surface area contributed by atoms with Crippen LogP contribution in [0, 0.1) is 5.92 Å². The van der Waals surface area contributed by atoms with E-state index in [-0.39, 0.29) is 23.8 Å². The van der Waals surface area contributed by atoms with Gasteiger partial charge in [-0.15, -0.1) is 0 Å². The molecule has 228 valence electrons. The van der Waals surface area contributed by atoms with E-state index in [9.17, 15) is 9.59 Å². The van der Waals surface area contributed by atoms with Crippen LogP contribution in [0.2, 0.25) is 0 Å². The second-order valence-corrected chi connectivity index (χ2v) is 11.6. The summed E-state index contributed by atoms with van der Waals surface area (Å²) in [4.78, 5) is 38.8.